The van der Waals surface area contributed by atoms with E-state index in [1.54, 1.807) is 0 Å². The quantitative estimate of drug-likeness (QED) is 0.433. The lowest BCUT2D eigenvalue weighted by Gasteiger charge is -2.60. The molecule has 1 unspecified atom stereocenters. The highest BCUT2D eigenvalue weighted by Gasteiger charge is 2.65. The lowest BCUT2D eigenvalue weighted by Crippen LogP contribution is -2.65. The van der Waals surface area contributed by atoms with E-state index >= 15 is 0 Å². The Morgan fingerprint density at radius 1 is 0.477 bits per heavy atom. The van der Waals surface area contributed by atoms with E-state index in [1.165, 1.54) is 22.3 Å². The summed E-state index contributed by atoms with van der Waals surface area (Å²) < 4.78 is 58.2. The molecule has 0 amide bonds. The lowest BCUT2D eigenvalue weighted by molar-refractivity contribution is -0.0941. The van der Waals surface area contributed by atoms with Crippen LogP contribution in [0.15, 0.2) is 59.7 Å². The molecular formula is C34H48O10. The maximum atomic E-state index is 6.79. The van der Waals surface area contributed by atoms with E-state index in [0.717, 1.165) is 6.42 Å². The van der Waals surface area contributed by atoms with Gasteiger partial charge in [0.15, 0.2) is 0 Å². The van der Waals surface area contributed by atoms with Gasteiger partial charge in [-0.2, -0.15) is 0 Å². The van der Waals surface area contributed by atoms with Crippen LogP contribution in [-0.4, -0.2) is 131 Å². The first-order valence-electron chi connectivity index (χ1n) is 15.9. The fourth-order valence-electron chi connectivity index (χ4n) is 6.03. The van der Waals surface area contributed by atoms with Gasteiger partial charge in [0.05, 0.1) is 118 Å². The van der Waals surface area contributed by atoms with Gasteiger partial charge in [0, 0.05) is 13.2 Å². The number of benzene rings is 1. The van der Waals surface area contributed by atoms with E-state index in [0.29, 0.717) is 126 Å². The molecule has 10 heteroatoms. The second kappa shape index (κ2) is 18.3. The molecule has 244 valence electrons. The summed E-state index contributed by atoms with van der Waals surface area (Å²) >= 11 is 0. The molecule has 0 saturated carbocycles. The first-order chi connectivity index (χ1) is 21.9. The van der Waals surface area contributed by atoms with Crippen LogP contribution in [-0.2, 0) is 52.8 Å². The van der Waals surface area contributed by atoms with Crippen molar-refractivity contribution in [1.29, 1.82) is 0 Å². The first kappa shape index (κ1) is 33.4. The van der Waals surface area contributed by atoms with Gasteiger partial charge in [-0.3, -0.25) is 0 Å². The number of hydrogen-bond acceptors (Lipinski definition) is 10. The molecule has 6 rings (SSSR count). The van der Waals surface area contributed by atoms with Gasteiger partial charge in [-0.05, 0) is 34.8 Å². The van der Waals surface area contributed by atoms with Gasteiger partial charge >= 0.3 is 0 Å². The number of fused-ring (bicyclic) bond motifs is 2. The van der Waals surface area contributed by atoms with Crippen LogP contribution in [0.4, 0.5) is 0 Å². The minimum atomic E-state index is -0.592. The monoisotopic (exact) mass is 616 g/mol. The third kappa shape index (κ3) is 8.24. The predicted octanol–water partition coefficient (Wildman–Crippen LogP) is 3.03. The van der Waals surface area contributed by atoms with Gasteiger partial charge in [-0.1, -0.05) is 42.5 Å². The summed E-state index contributed by atoms with van der Waals surface area (Å²) in [5, 5.41) is 0. The highest BCUT2D eigenvalue weighted by molar-refractivity contribution is 5.72. The minimum Gasteiger partial charge on any atom is -0.379 e. The fraction of sp³-hybridized carbons (Fsp3) is 0.647. The zero-order chi connectivity index (χ0) is 30.2. The number of ether oxygens (including phenoxy) is 10. The van der Waals surface area contributed by atoms with E-state index in [9.17, 15) is 0 Å². The van der Waals surface area contributed by atoms with Gasteiger partial charge < -0.3 is 47.4 Å². The van der Waals surface area contributed by atoms with Gasteiger partial charge in [0.25, 0.3) is 0 Å². The average Bonchev–Trinajstić information content (AvgIpc) is 3.06. The van der Waals surface area contributed by atoms with Crippen LogP contribution >= 0.6 is 0 Å². The lowest BCUT2D eigenvalue weighted by atomic mass is 9.48. The highest BCUT2D eigenvalue weighted by atomic mass is 16.6. The number of hydrogen-bond donors (Lipinski definition) is 0. The summed E-state index contributed by atoms with van der Waals surface area (Å²) in [6.07, 6.45) is 9.43. The molecule has 0 radical (unpaired) electrons. The third-order valence-corrected chi connectivity index (χ3v) is 8.17. The van der Waals surface area contributed by atoms with Crippen LogP contribution in [0.25, 0.3) is 0 Å². The molecule has 0 N–H and O–H groups in total. The van der Waals surface area contributed by atoms with Crippen LogP contribution in [0.5, 0.6) is 0 Å². The third-order valence-electron chi connectivity index (χ3n) is 8.17. The van der Waals surface area contributed by atoms with Crippen LogP contribution in [0.2, 0.25) is 0 Å². The molecule has 1 atom stereocenters. The summed E-state index contributed by atoms with van der Waals surface area (Å²) in [5.41, 5.74) is 3.80. The molecular weight excluding hydrogens is 568 g/mol. The van der Waals surface area contributed by atoms with Crippen molar-refractivity contribution in [3.63, 3.8) is 0 Å². The highest BCUT2D eigenvalue weighted by Crippen LogP contribution is 2.62. The van der Waals surface area contributed by atoms with Crippen LogP contribution in [0, 0.1) is 0 Å². The maximum Gasteiger partial charge on any atom is 0.134 e. The largest absolute Gasteiger partial charge is 0.379 e. The van der Waals surface area contributed by atoms with Crippen molar-refractivity contribution in [2.75, 3.05) is 126 Å². The Kier molecular flexibility index (Phi) is 13.9. The van der Waals surface area contributed by atoms with Crippen molar-refractivity contribution in [2.24, 2.45) is 0 Å². The van der Waals surface area contributed by atoms with Crippen molar-refractivity contribution < 1.29 is 47.4 Å². The molecule has 1 aromatic rings. The number of rotatable bonds is 0. The van der Waals surface area contributed by atoms with Gasteiger partial charge in [0.1, 0.15) is 5.60 Å². The Balaban J connectivity index is 1.10. The minimum absolute atomic E-state index is 0.399. The summed E-state index contributed by atoms with van der Waals surface area (Å²) in [6, 6.07) is 8.68. The fourth-order valence-corrected chi connectivity index (χ4v) is 6.03. The molecule has 1 aliphatic heterocycles. The van der Waals surface area contributed by atoms with E-state index in [2.05, 4.69) is 48.6 Å². The zero-order valence-corrected chi connectivity index (χ0v) is 25.8. The Bertz CT molecular complexity index is 1050. The van der Waals surface area contributed by atoms with Crippen LogP contribution in [0.3, 0.4) is 0 Å². The zero-order valence-electron chi connectivity index (χ0n) is 25.8. The van der Waals surface area contributed by atoms with E-state index in [4.69, 9.17) is 47.4 Å². The van der Waals surface area contributed by atoms with Crippen LogP contribution < -0.4 is 0 Å². The van der Waals surface area contributed by atoms with E-state index < -0.39 is 11.0 Å². The molecule has 1 heterocycles. The van der Waals surface area contributed by atoms with Crippen molar-refractivity contribution in [3.8, 4) is 0 Å². The standard InChI is InChI=1S/C34H48O10/c1-4-29-26-30(5-1)33(29)28-43-23-22-41-19-18-39-16-14-37-12-10-35-8-3-9-36-11-13-38-15-17-40-20-21-42-24-25-44-34(33)31-6-2-7-32(34)27-31/h1-2,4-7,26-27H,3,8-25,28H2. The van der Waals surface area contributed by atoms with E-state index in [-0.39, 0.29) is 0 Å². The molecule has 4 aliphatic carbocycles. The van der Waals surface area contributed by atoms with Crippen LogP contribution in [0.1, 0.15) is 17.5 Å². The summed E-state index contributed by atoms with van der Waals surface area (Å²) in [4.78, 5) is 0. The SMILES string of the molecule is c1cc2cc(c1)C21COCCOCCOCCOCCOCCCOCCOCCOCCOCCOC12c1cccc2c1. The van der Waals surface area contributed by atoms with Crippen molar-refractivity contribution in [3.05, 3.63) is 70.8 Å². The Morgan fingerprint density at radius 2 is 0.932 bits per heavy atom. The summed E-state index contributed by atoms with van der Waals surface area (Å²) in [6.45, 7) is 10.0. The molecule has 1 fully saturated rings. The Morgan fingerprint density at radius 3 is 1.36 bits per heavy atom. The van der Waals surface area contributed by atoms with Gasteiger partial charge in [-0.25, -0.2) is 0 Å². The van der Waals surface area contributed by atoms with Crippen molar-refractivity contribution in [1.82, 2.24) is 0 Å². The second-order valence-electron chi connectivity index (χ2n) is 10.9. The van der Waals surface area contributed by atoms with Crippen molar-refractivity contribution >= 4 is 0 Å². The predicted molar refractivity (Wildman–Crippen MR) is 163 cm³/mol. The molecule has 1 saturated heterocycles. The normalized spacial score (nSPS) is 27.5. The molecule has 5 aliphatic rings. The summed E-state index contributed by atoms with van der Waals surface area (Å²) in [7, 11) is 0. The smallest absolute Gasteiger partial charge is 0.134 e. The molecule has 2 spiro atoms. The summed E-state index contributed by atoms with van der Waals surface area (Å²) in [5.74, 6) is 0. The first-order valence-corrected chi connectivity index (χ1v) is 15.9. The maximum absolute atomic E-state index is 6.79. The average molecular weight is 617 g/mol. The topological polar surface area (TPSA) is 92.3 Å². The Labute approximate surface area is 261 Å². The van der Waals surface area contributed by atoms with Gasteiger partial charge in [0.2, 0.25) is 0 Å². The number of allylic oxidation sites excluding steroid dienone is 2. The molecule has 10 nitrogen and oxygen atoms in total. The molecule has 1 aromatic carbocycles. The molecule has 0 aromatic heterocycles. The van der Waals surface area contributed by atoms with Crippen molar-refractivity contribution in [2.45, 2.75) is 17.4 Å². The molecule has 44 heavy (non-hydrogen) atoms. The van der Waals surface area contributed by atoms with E-state index in [1.807, 2.05) is 0 Å². The molecule has 4 bridgehead atoms. The second-order valence-corrected chi connectivity index (χ2v) is 10.9. The Hall–Kier alpha value is -1.96. The van der Waals surface area contributed by atoms with Gasteiger partial charge in [-0.15, -0.1) is 0 Å².